The van der Waals surface area contributed by atoms with Crippen LogP contribution >= 0.6 is 11.6 Å². The number of para-hydroxylation sites is 1. The van der Waals surface area contributed by atoms with E-state index in [-0.39, 0.29) is 11.7 Å². The standard InChI is InChI=1S/C22H24ClNO4/c1-24(21(26)15-9-8-12-18(27-2)20(15)28-3)22(14-7-6-13-19(22)25)16-10-4-5-11-17(16)23/h4-5,8-12H,6-7,13-14H2,1-3H3/t22-/m1/s1. The molecule has 0 unspecified atom stereocenters. The van der Waals surface area contributed by atoms with Crippen molar-refractivity contribution in [2.24, 2.45) is 0 Å². The summed E-state index contributed by atoms with van der Waals surface area (Å²) in [6, 6.07) is 12.4. The minimum atomic E-state index is -1.10. The number of Topliss-reactive ketones (excluding diaryl/α,β-unsaturated/α-hetero) is 1. The third-order valence-corrected chi connectivity index (χ3v) is 5.81. The van der Waals surface area contributed by atoms with Crippen molar-refractivity contribution in [1.29, 1.82) is 0 Å². The normalized spacial score (nSPS) is 19.2. The van der Waals surface area contributed by atoms with Crippen molar-refractivity contribution in [3.05, 3.63) is 58.6 Å². The molecule has 148 valence electrons. The van der Waals surface area contributed by atoms with Crippen molar-refractivity contribution in [3.63, 3.8) is 0 Å². The van der Waals surface area contributed by atoms with Crippen LogP contribution in [0.15, 0.2) is 42.5 Å². The molecule has 2 aromatic rings. The minimum absolute atomic E-state index is 0.00422. The van der Waals surface area contributed by atoms with Crippen LogP contribution < -0.4 is 9.47 Å². The van der Waals surface area contributed by atoms with Crippen LogP contribution in [0.2, 0.25) is 5.02 Å². The number of hydrogen-bond acceptors (Lipinski definition) is 4. The number of nitrogens with zero attached hydrogens (tertiary/aromatic N) is 1. The molecule has 0 bridgehead atoms. The number of benzene rings is 2. The molecule has 0 saturated heterocycles. The molecule has 1 saturated carbocycles. The Balaban J connectivity index is 2.14. The van der Waals surface area contributed by atoms with Crippen molar-refractivity contribution < 1.29 is 19.1 Å². The third kappa shape index (κ3) is 3.24. The Kier molecular flexibility index (Phi) is 5.94. The Morgan fingerprint density at radius 2 is 1.82 bits per heavy atom. The van der Waals surface area contributed by atoms with Gasteiger partial charge in [-0.05, 0) is 37.5 Å². The van der Waals surface area contributed by atoms with Gasteiger partial charge in [-0.2, -0.15) is 0 Å². The van der Waals surface area contributed by atoms with Gasteiger partial charge in [0.05, 0.1) is 19.8 Å². The highest BCUT2D eigenvalue weighted by molar-refractivity contribution is 6.31. The molecule has 1 atom stereocenters. The summed E-state index contributed by atoms with van der Waals surface area (Å²) in [5.74, 6) is 0.499. The lowest BCUT2D eigenvalue weighted by Crippen LogP contribution is -2.54. The Labute approximate surface area is 170 Å². The second-order valence-corrected chi connectivity index (χ2v) is 7.28. The lowest BCUT2D eigenvalue weighted by molar-refractivity contribution is -0.132. The number of halogens is 1. The number of hydrogen-bond donors (Lipinski definition) is 0. The van der Waals surface area contributed by atoms with Gasteiger partial charge in [0, 0.05) is 24.1 Å². The van der Waals surface area contributed by atoms with Crippen LogP contribution in [0.25, 0.3) is 0 Å². The summed E-state index contributed by atoms with van der Waals surface area (Å²) in [6.07, 6.45) is 2.60. The number of amides is 1. The van der Waals surface area contributed by atoms with Crippen LogP contribution in [0.5, 0.6) is 11.5 Å². The lowest BCUT2D eigenvalue weighted by atomic mass is 9.74. The number of ketones is 1. The van der Waals surface area contributed by atoms with Crippen LogP contribution in [0.3, 0.4) is 0 Å². The third-order valence-electron chi connectivity index (χ3n) is 5.48. The smallest absolute Gasteiger partial charge is 0.258 e. The summed E-state index contributed by atoms with van der Waals surface area (Å²) < 4.78 is 10.8. The summed E-state index contributed by atoms with van der Waals surface area (Å²) in [6.45, 7) is 0. The van der Waals surface area contributed by atoms with Gasteiger partial charge in [-0.15, -0.1) is 0 Å². The first-order chi connectivity index (χ1) is 13.5. The summed E-state index contributed by atoms with van der Waals surface area (Å²) in [4.78, 5) is 28.3. The molecular weight excluding hydrogens is 378 g/mol. The Hall–Kier alpha value is -2.53. The fraction of sp³-hybridized carbons (Fsp3) is 0.364. The van der Waals surface area contributed by atoms with Gasteiger partial charge in [0.15, 0.2) is 17.3 Å². The maximum absolute atomic E-state index is 13.5. The number of ether oxygens (including phenoxy) is 2. The molecular formula is C22H24ClNO4. The molecule has 2 aromatic carbocycles. The Morgan fingerprint density at radius 3 is 2.46 bits per heavy atom. The van der Waals surface area contributed by atoms with E-state index in [1.165, 1.54) is 19.1 Å². The highest BCUT2D eigenvalue weighted by Crippen LogP contribution is 2.43. The van der Waals surface area contributed by atoms with E-state index < -0.39 is 5.54 Å². The summed E-state index contributed by atoms with van der Waals surface area (Å²) in [7, 11) is 4.67. The van der Waals surface area contributed by atoms with E-state index in [4.69, 9.17) is 21.1 Å². The zero-order valence-electron chi connectivity index (χ0n) is 16.3. The monoisotopic (exact) mass is 401 g/mol. The molecule has 1 aliphatic rings. The second-order valence-electron chi connectivity index (χ2n) is 6.88. The molecule has 0 aromatic heterocycles. The van der Waals surface area contributed by atoms with Gasteiger partial charge in [0.2, 0.25) is 0 Å². The first-order valence-electron chi connectivity index (χ1n) is 9.24. The summed E-state index contributed by atoms with van der Waals surface area (Å²) in [5, 5.41) is 0.481. The molecule has 0 radical (unpaired) electrons. The highest BCUT2D eigenvalue weighted by Gasteiger charge is 2.48. The predicted octanol–water partition coefficient (Wildman–Crippen LogP) is 4.47. The van der Waals surface area contributed by atoms with Gasteiger partial charge < -0.3 is 14.4 Å². The number of methoxy groups -OCH3 is 2. The van der Waals surface area contributed by atoms with Crippen molar-refractivity contribution in [3.8, 4) is 11.5 Å². The molecule has 6 heteroatoms. The molecule has 28 heavy (non-hydrogen) atoms. The van der Waals surface area contributed by atoms with Crippen molar-refractivity contribution in [2.75, 3.05) is 21.3 Å². The zero-order valence-corrected chi connectivity index (χ0v) is 17.1. The van der Waals surface area contributed by atoms with Crippen molar-refractivity contribution in [2.45, 2.75) is 31.2 Å². The van der Waals surface area contributed by atoms with Gasteiger partial charge in [0.25, 0.3) is 5.91 Å². The van der Waals surface area contributed by atoms with E-state index in [1.54, 1.807) is 31.3 Å². The SMILES string of the molecule is COc1cccc(C(=O)N(C)[C@@]2(c3ccccc3Cl)CCCCC2=O)c1OC. The topological polar surface area (TPSA) is 55.8 Å². The van der Waals surface area contributed by atoms with Gasteiger partial charge in [0.1, 0.15) is 5.54 Å². The maximum atomic E-state index is 13.5. The highest BCUT2D eigenvalue weighted by atomic mass is 35.5. The van der Waals surface area contributed by atoms with Gasteiger partial charge in [-0.3, -0.25) is 9.59 Å². The summed E-state index contributed by atoms with van der Waals surface area (Å²) in [5.41, 5.74) is -0.0878. The van der Waals surface area contributed by atoms with E-state index in [2.05, 4.69) is 0 Å². The lowest BCUT2D eigenvalue weighted by Gasteiger charge is -2.44. The minimum Gasteiger partial charge on any atom is -0.493 e. The molecule has 1 amide bonds. The molecule has 5 nitrogen and oxygen atoms in total. The van der Waals surface area contributed by atoms with Crippen molar-refractivity contribution >= 4 is 23.3 Å². The van der Waals surface area contributed by atoms with E-state index in [0.717, 1.165) is 12.8 Å². The molecule has 0 spiro atoms. The molecule has 0 heterocycles. The first kappa shape index (κ1) is 20.2. The van der Waals surface area contributed by atoms with Gasteiger partial charge in [-0.25, -0.2) is 0 Å². The Morgan fingerprint density at radius 1 is 1.07 bits per heavy atom. The molecule has 0 aliphatic heterocycles. The average Bonchev–Trinajstić information content (AvgIpc) is 2.73. The fourth-order valence-corrected chi connectivity index (χ4v) is 4.33. The molecule has 0 N–H and O–H groups in total. The largest absolute Gasteiger partial charge is 0.493 e. The number of carbonyl (C=O) groups is 2. The summed E-state index contributed by atoms with van der Waals surface area (Å²) >= 11 is 6.48. The predicted molar refractivity (Wildman–Crippen MR) is 108 cm³/mol. The fourth-order valence-electron chi connectivity index (χ4n) is 4.04. The van der Waals surface area contributed by atoms with E-state index in [9.17, 15) is 9.59 Å². The maximum Gasteiger partial charge on any atom is 0.258 e. The van der Waals surface area contributed by atoms with Gasteiger partial charge in [-0.1, -0.05) is 35.9 Å². The van der Waals surface area contributed by atoms with E-state index in [1.807, 2.05) is 18.2 Å². The molecule has 1 aliphatic carbocycles. The van der Waals surface area contributed by atoms with E-state index >= 15 is 0 Å². The van der Waals surface area contributed by atoms with Crippen LogP contribution in [-0.2, 0) is 10.3 Å². The van der Waals surface area contributed by atoms with Crippen LogP contribution in [0, 0.1) is 0 Å². The average molecular weight is 402 g/mol. The number of likely N-dealkylation sites (N-methyl/N-ethyl adjacent to an activating group) is 1. The first-order valence-corrected chi connectivity index (χ1v) is 9.62. The second kappa shape index (κ2) is 8.23. The van der Waals surface area contributed by atoms with Crippen LogP contribution in [0.1, 0.15) is 41.6 Å². The zero-order chi connectivity index (χ0) is 20.3. The van der Waals surface area contributed by atoms with Gasteiger partial charge >= 0.3 is 0 Å². The van der Waals surface area contributed by atoms with E-state index in [0.29, 0.717) is 40.5 Å². The van der Waals surface area contributed by atoms with Crippen LogP contribution in [0.4, 0.5) is 0 Å². The Bertz CT molecular complexity index is 898. The van der Waals surface area contributed by atoms with Crippen LogP contribution in [-0.4, -0.2) is 37.9 Å². The quantitative estimate of drug-likeness (QED) is 0.741. The van der Waals surface area contributed by atoms with Crippen molar-refractivity contribution in [1.82, 2.24) is 4.90 Å². The molecule has 3 rings (SSSR count). The number of carbonyl (C=O) groups excluding carboxylic acids is 2. The molecule has 1 fully saturated rings. The number of rotatable bonds is 5.